The fraction of sp³-hybridized carbons (Fsp3) is 0.500. The number of ether oxygens (including phenoxy) is 1. The number of benzene rings is 1. The van der Waals surface area contributed by atoms with Crippen molar-refractivity contribution < 1.29 is 9.53 Å². The van der Waals surface area contributed by atoms with Gasteiger partial charge in [-0.2, -0.15) is 0 Å². The van der Waals surface area contributed by atoms with E-state index in [1.165, 1.54) is 0 Å². The van der Waals surface area contributed by atoms with Crippen LogP contribution < -0.4 is 10.2 Å². The van der Waals surface area contributed by atoms with Gasteiger partial charge in [-0.3, -0.25) is 4.79 Å². The van der Waals surface area contributed by atoms with E-state index in [4.69, 9.17) is 17.0 Å². The van der Waals surface area contributed by atoms with Crippen molar-refractivity contribution in [3.05, 3.63) is 29.8 Å². The molecule has 0 atom stereocenters. The molecule has 120 valence electrons. The van der Waals surface area contributed by atoms with Crippen molar-refractivity contribution >= 4 is 28.8 Å². The summed E-state index contributed by atoms with van der Waals surface area (Å²) in [4.78, 5) is 15.8. The van der Waals surface area contributed by atoms with Crippen molar-refractivity contribution in [1.82, 2.24) is 10.2 Å². The summed E-state index contributed by atoms with van der Waals surface area (Å²) in [6, 6.07) is 7.81. The van der Waals surface area contributed by atoms with Gasteiger partial charge in [-0.05, 0) is 43.4 Å². The predicted molar refractivity (Wildman–Crippen MR) is 92.7 cm³/mol. The molecule has 0 bridgehead atoms. The average molecular weight is 321 g/mol. The maximum Gasteiger partial charge on any atom is 0.169 e. The summed E-state index contributed by atoms with van der Waals surface area (Å²) in [5.41, 5.74) is 1.91. The Morgan fingerprint density at radius 1 is 1.23 bits per heavy atom. The van der Waals surface area contributed by atoms with Crippen molar-refractivity contribution in [2.24, 2.45) is 0 Å². The predicted octanol–water partition coefficient (Wildman–Crippen LogP) is 1.53. The fourth-order valence-electron chi connectivity index (χ4n) is 2.45. The van der Waals surface area contributed by atoms with Crippen LogP contribution in [0.2, 0.25) is 0 Å². The largest absolute Gasteiger partial charge is 0.383 e. The first-order valence-electron chi connectivity index (χ1n) is 7.49. The molecule has 6 heteroatoms. The molecule has 1 heterocycles. The molecule has 1 aromatic carbocycles. The van der Waals surface area contributed by atoms with Crippen LogP contribution in [0, 0.1) is 0 Å². The number of rotatable bonds is 5. The Morgan fingerprint density at radius 3 is 2.41 bits per heavy atom. The number of hydrogen-bond donors (Lipinski definition) is 1. The van der Waals surface area contributed by atoms with E-state index in [2.05, 4.69) is 15.1 Å². The van der Waals surface area contributed by atoms with E-state index in [1.807, 2.05) is 24.3 Å². The number of Topliss-reactive ketones (excluding diaryl/α,β-unsaturated/α-hetero) is 1. The van der Waals surface area contributed by atoms with Gasteiger partial charge in [0.05, 0.1) is 6.61 Å². The molecule has 5 nitrogen and oxygen atoms in total. The van der Waals surface area contributed by atoms with Crippen molar-refractivity contribution in [3.8, 4) is 0 Å². The molecule has 1 aromatic rings. The number of methoxy groups -OCH3 is 1. The monoisotopic (exact) mass is 321 g/mol. The lowest BCUT2D eigenvalue weighted by molar-refractivity contribution is 0.101. The zero-order valence-electron chi connectivity index (χ0n) is 13.2. The molecular weight excluding hydrogens is 298 g/mol. The highest BCUT2D eigenvalue weighted by molar-refractivity contribution is 7.80. The van der Waals surface area contributed by atoms with Crippen LogP contribution >= 0.6 is 12.2 Å². The molecule has 0 aliphatic carbocycles. The zero-order chi connectivity index (χ0) is 15.9. The molecule has 1 fully saturated rings. The van der Waals surface area contributed by atoms with Crippen molar-refractivity contribution in [2.75, 3.05) is 51.3 Å². The molecule has 0 saturated carbocycles. The van der Waals surface area contributed by atoms with Crippen LogP contribution in [0.3, 0.4) is 0 Å². The summed E-state index contributed by atoms with van der Waals surface area (Å²) in [5, 5.41) is 4.00. The normalized spacial score (nSPS) is 14.8. The van der Waals surface area contributed by atoms with Gasteiger partial charge < -0.3 is 19.9 Å². The molecule has 2 rings (SSSR count). The molecule has 0 radical (unpaired) electrons. The SMILES string of the molecule is COCCNC(=S)N1CCN(c2ccc(C(C)=O)cc2)CC1. The van der Waals surface area contributed by atoms with Gasteiger partial charge in [0.15, 0.2) is 10.9 Å². The highest BCUT2D eigenvalue weighted by Crippen LogP contribution is 2.17. The quantitative estimate of drug-likeness (QED) is 0.504. The third-order valence-electron chi connectivity index (χ3n) is 3.79. The Kier molecular flexibility index (Phi) is 6.15. The van der Waals surface area contributed by atoms with Gasteiger partial charge in [-0.15, -0.1) is 0 Å². The number of carbonyl (C=O) groups is 1. The third-order valence-corrected chi connectivity index (χ3v) is 4.19. The lowest BCUT2D eigenvalue weighted by Gasteiger charge is -2.37. The summed E-state index contributed by atoms with van der Waals surface area (Å²) in [7, 11) is 1.68. The Balaban J connectivity index is 1.83. The van der Waals surface area contributed by atoms with Gasteiger partial charge in [-0.1, -0.05) is 0 Å². The Bertz CT molecular complexity index is 511. The molecule has 1 aliphatic rings. The van der Waals surface area contributed by atoms with Crippen LogP contribution in [0.1, 0.15) is 17.3 Å². The van der Waals surface area contributed by atoms with Gasteiger partial charge in [0.25, 0.3) is 0 Å². The summed E-state index contributed by atoms with van der Waals surface area (Å²) in [5.74, 6) is 0.101. The second-order valence-electron chi connectivity index (χ2n) is 5.30. The zero-order valence-corrected chi connectivity index (χ0v) is 14.0. The van der Waals surface area contributed by atoms with E-state index >= 15 is 0 Å². The van der Waals surface area contributed by atoms with Crippen LogP contribution in [0.5, 0.6) is 0 Å². The molecule has 1 aliphatic heterocycles. The standard InChI is InChI=1S/C16H23N3O2S/c1-13(20)14-3-5-15(6-4-14)18-8-10-19(11-9-18)16(22)17-7-12-21-2/h3-6H,7-12H2,1-2H3,(H,17,22). The lowest BCUT2D eigenvalue weighted by Crippen LogP contribution is -2.52. The first-order chi connectivity index (χ1) is 10.6. The summed E-state index contributed by atoms with van der Waals surface area (Å²) >= 11 is 5.39. The third kappa shape index (κ3) is 4.42. The Morgan fingerprint density at radius 2 is 1.86 bits per heavy atom. The molecule has 1 N–H and O–H groups in total. The number of nitrogens with zero attached hydrogens (tertiary/aromatic N) is 2. The number of nitrogens with one attached hydrogen (secondary N) is 1. The molecule has 0 amide bonds. The van der Waals surface area contributed by atoms with Gasteiger partial charge in [0.2, 0.25) is 0 Å². The van der Waals surface area contributed by atoms with Gasteiger partial charge >= 0.3 is 0 Å². The summed E-state index contributed by atoms with van der Waals surface area (Å²) < 4.78 is 5.01. The number of anilines is 1. The minimum Gasteiger partial charge on any atom is -0.383 e. The molecular formula is C16H23N3O2S. The van der Waals surface area contributed by atoms with Gasteiger partial charge in [-0.25, -0.2) is 0 Å². The fourth-order valence-corrected chi connectivity index (χ4v) is 2.73. The molecule has 0 aromatic heterocycles. The van der Waals surface area contributed by atoms with Crippen molar-refractivity contribution in [2.45, 2.75) is 6.92 Å². The number of piperazine rings is 1. The summed E-state index contributed by atoms with van der Waals surface area (Å²) in [6.45, 7) is 6.62. The number of hydrogen-bond acceptors (Lipinski definition) is 4. The lowest BCUT2D eigenvalue weighted by atomic mass is 10.1. The number of thiocarbonyl (C=S) groups is 1. The maximum atomic E-state index is 11.3. The first-order valence-corrected chi connectivity index (χ1v) is 7.90. The van der Waals surface area contributed by atoms with E-state index in [0.29, 0.717) is 6.61 Å². The van der Waals surface area contributed by atoms with E-state index in [1.54, 1.807) is 14.0 Å². The number of ketones is 1. The molecule has 0 spiro atoms. The number of carbonyl (C=O) groups excluding carboxylic acids is 1. The highest BCUT2D eigenvalue weighted by Gasteiger charge is 2.19. The molecule has 0 unspecified atom stereocenters. The summed E-state index contributed by atoms with van der Waals surface area (Å²) in [6.07, 6.45) is 0. The van der Waals surface area contributed by atoms with Gasteiger partial charge in [0, 0.05) is 51.1 Å². The van der Waals surface area contributed by atoms with Crippen molar-refractivity contribution in [3.63, 3.8) is 0 Å². The van der Waals surface area contributed by atoms with Crippen LogP contribution in [0.4, 0.5) is 5.69 Å². The Labute approximate surface area is 137 Å². The van der Waals surface area contributed by atoms with E-state index in [-0.39, 0.29) is 5.78 Å². The van der Waals surface area contributed by atoms with E-state index in [0.717, 1.165) is 49.1 Å². The van der Waals surface area contributed by atoms with E-state index in [9.17, 15) is 4.79 Å². The highest BCUT2D eigenvalue weighted by atomic mass is 32.1. The van der Waals surface area contributed by atoms with Crippen LogP contribution in [0.15, 0.2) is 24.3 Å². The van der Waals surface area contributed by atoms with Gasteiger partial charge in [0.1, 0.15) is 0 Å². The molecule has 1 saturated heterocycles. The first kappa shape index (κ1) is 16.7. The van der Waals surface area contributed by atoms with Crippen LogP contribution in [0.25, 0.3) is 0 Å². The van der Waals surface area contributed by atoms with E-state index < -0.39 is 0 Å². The second-order valence-corrected chi connectivity index (χ2v) is 5.69. The van der Waals surface area contributed by atoms with Crippen molar-refractivity contribution in [1.29, 1.82) is 0 Å². The average Bonchev–Trinajstić information content (AvgIpc) is 2.55. The maximum absolute atomic E-state index is 11.3. The smallest absolute Gasteiger partial charge is 0.169 e. The second kappa shape index (κ2) is 8.10. The minimum atomic E-state index is 0.101. The Hall–Kier alpha value is -1.66. The van der Waals surface area contributed by atoms with Crippen LogP contribution in [-0.4, -0.2) is 62.2 Å². The van der Waals surface area contributed by atoms with Crippen LogP contribution in [-0.2, 0) is 4.74 Å². The molecule has 22 heavy (non-hydrogen) atoms. The topological polar surface area (TPSA) is 44.8 Å². The minimum absolute atomic E-state index is 0.101.